The van der Waals surface area contributed by atoms with E-state index in [-0.39, 0.29) is 0 Å². The van der Waals surface area contributed by atoms with Gasteiger partial charge in [0.05, 0.1) is 0 Å². The van der Waals surface area contributed by atoms with Gasteiger partial charge < -0.3 is 14.8 Å². The number of allylic oxidation sites excluding steroid dienone is 1. The lowest BCUT2D eigenvalue weighted by molar-refractivity contribution is 0.505. The van der Waals surface area contributed by atoms with Gasteiger partial charge in [-0.1, -0.05) is 0 Å². The molecule has 0 aromatic rings. The van der Waals surface area contributed by atoms with Crippen LogP contribution in [0, 0.1) is 0 Å². The molecule has 0 amide bonds. The van der Waals surface area contributed by atoms with Crippen LogP contribution in [0.2, 0.25) is 0 Å². The van der Waals surface area contributed by atoms with Crippen molar-refractivity contribution in [3.8, 4) is 0 Å². The molecule has 2 N–H and O–H groups in total. The maximum Gasteiger partial charge on any atom is 0.338 e. The molecule has 1 unspecified atom stereocenters. The first-order chi connectivity index (χ1) is 6.39. The fourth-order valence-electron chi connectivity index (χ4n) is 0.828. The Morgan fingerprint density at radius 3 is 2.08 bits per heavy atom. The molecule has 74 valence electrons. The summed E-state index contributed by atoms with van der Waals surface area (Å²) in [6, 6.07) is 0. The summed E-state index contributed by atoms with van der Waals surface area (Å²) in [6.45, 7) is 4.56. The predicted octanol–water partition coefficient (Wildman–Crippen LogP) is -0.641. The van der Waals surface area contributed by atoms with Crippen molar-refractivity contribution in [3.63, 3.8) is 0 Å². The molecule has 0 aromatic carbocycles. The average molecular weight is 203 g/mol. The van der Waals surface area contributed by atoms with Gasteiger partial charge in [-0.15, -0.1) is 0 Å². The fourth-order valence-corrected chi connectivity index (χ4v) is 1.21. The van der Waals surface area contributed by atoms with E-state index in [0.29, 0.717) is 0 Å². The second kappa shape index (κ2) is 6.76. The van der Waals surface area contributed by atoms with Gasteiger partial charge >= 0.3 is 11.3 Å². The number of rotatable bonds is 0. The zero-order valence-corrected chi connectivity index (χ0v) is 8.05. The van der Waals surface area contributed by atoms with Crippen molar-refractivity contribution in [1.29, 1.82) is 0 Å². The second-order valence-corrected chi connectivity index (χ2v) is 3.23. The van der Waals surface area contributed by atoms with Crippen LogP contribution in [0.3, 0.4) is 0 Å². The first kappa shape index (κ1) is 10.4. The lowest BCUT2D eigenvalue weighted by Crippen LogP contribution is -2.39. The summed E-state index contributed by atoms with van der Waals surface area (Å²) in [6.07, 6.45) is 4.34. The van der Waals surface area contributed by atoms with Gasteiger partial charge in [0, 0.05) is 32.4 Å². The minimum atomic E-state index is -1.46. The minimum absolute atomic E-state index is 1.14. The molecule has 6 heteroatoms. The highest BCUT2D eigenvalue weighted by molar-refractivity contribution is 7.79. The van der Waals surface area contributed by atoms with Gasteiger partial charge in [-0.3, -0.25) is 0 Å². The Bertz CT molecular complexity index is 202. The number of hydrogen-bond donors (Lipinski definition) is 2. The topological polar surface area (TPSA) is 62.7 Å². The monoisotopic (exact) mass is 203 g/mol. The van der Waals surface area contributed by atoms with Gasteiger partial charge in [0.2, 0.25) is 0 Å². The summed E-state index contributed by atoms with van der Waals surface area (Å²) in [4.78, 5) is 0. The Hall–Kier alpha value is -0.720. The van der Waals surface area contributed by atoms with Crippen LogP contribution in [0.5, 0.6) is 0 Å². The van der Waals surface area contributed by atoms with E-state index < -0.39 is 11.3 Å². The van der Waals surface area contributed by atoms with Crippen LogP contribution in [-0.4, -0.2) is 36.6 Å². The third-order valence-corrected chi connectivity index (χ3v) is 1.98. The molecule has 0 aromatic heterocycles. The van der Waals surface area contributed by atoms with E-state index in [2.05, 4.69) is 19.2 Å². The van der Waals surface area contributed by atoms with Crippen LogP contribution in [0.25, 0.3) is 0 Å². The molecule has 2 aliphatic heterocycles. The van der Waals surface area contributed by atoms with Gasteiger partial charge in [0.1, 0.15) is 6.26 Å². The lowest BCUT2D eigenvalue weighted by Gasteiger charge is -2.11. The second-order valence-electron chi connectivity index (χ2n) is 2.40. The van der Waals surface area contributed by atoms with Crippen molar-refractivity contribution in [1.82, 2.24) is 10.6 Å². The van der Waals surface area contributed by atoms with Crippen LogP contribution in [0.1, 0.15) is 0 Å². The largest absolute Gasteiger partial charge is 0.392 e. The molecule has 2 rings (SSSR count). The predicted molar refractivity (Wildman–Crippen MR) is 52.6 cm³/mol. The van der Waals surface area contributed by atoms with Crippen molar-refractivity contribution in [3.05, 3.63) is 12.3 Å². The molecule has 0 aliphatic carbocycles. The Labute approximate surface area is 80.1 Å². The molecule has 5 nitrogen and oxygen atoms in total. The average Bonchev–Trinajstić information content (AvgIpc) is 2.22. The van der Waals surface area contributed by atoms with Gasteiger partial charge in [0.15, 0.2) is 0 Å². The fraction of sp³-hybridized carbons (Fsp3) is 0.571. The van der Waals surface area contributed by atoms with Crippen LogP contribution in [0.15, 0.2) is 16.7 Å². The third-order valence-electron chi connectivity index (χ3n) is 1.41. The minimum Gasteiger partial charge on any atom is -0.392 e. The number of nitrogens with zero attached hydrogens (tertiary/aromatic N) is 1. The highest BCUT2D eigenvalue weighted by Crippen LogP contribution is 1.91. The van der Waals surface area contributed by atoms with Gasteiger partial charge in [-0.25, -0.2) is 0 Å². The van der Waals surface area contributed by atoms with E-state index in [0.717, 1.165) is 26.2 Å². The highest BCUT2D eigenvalue weighted by Gasteiger charge is 1.92. The van der Waals surface area contributed by atoms with E-state index in [4.69, 9.17) is 0 Å². The SMILES string of the molecule is C1CNCCN1.O=S1N=CC=CO1. The van der Waals surface area contributed by atoms with E-state index in [1.54, 1.807) is 6.08 Å². The summed E-state index contributed by atoms with van der Waals surface area (Å²) < 4.78 is 17.8. The van der Waals surface area contributed by atoms with Gasteiger partial charge in [0.25, 0.3) is 0 Å². The van der Waals surface area contributed by atoms with Crippen molar-refractivity contribution in [2.75, 3.05) is 26.2 Å². The Morgan fingerprint density at radius 2 is 1.85 bits per heavy atom. The quantitative estimate of drug-likeness (QED) is 0.549. The number of hydrogen-bond acceptors (Lipinski definition) is 4. The maximum absolute atomic E-state index is 10.1. The van der Waals surface area contributed by atoms with Gasteiger partial charge in [-0.2, -0.15) is 8.61 Å². The zero-order valence-electron chi connectivity index (χ0n) is 7.23. The molecule has 2 aliphatic rings. The summed E-state index contributed by atoms with van der Waals surface area (Å²) in [5.74, 6) is 0. The first-order valence-electron chi connectivity index (χ1n) is 4.09. The standard InChI is InChI=1S/C4H10N2.C3H3NO2S/c1-2-6-4-3-5-1;5-7-4-2-1-3-6-7/h5-6H,1-4H2;1-3H. The van der Waals surface area contributed by atoms with Crippen LogP contribution < -0.4 is 10.6 Å². The number of piperazine rings is 1. The molecule has 0 spiro atoms. The molecule has 13 heavy (non-hydrogen) atoms. The summed E-state index contributed by atoms with van der Waals surface area (Å²) >= 11 is -1.46. The smallest absolute Gasteiger partial charge is 0.338 e. The molecule has 1 saturated heterocycles. The lowest BCUT2D eigenvalue weighted by atomic mass is 10.4. The molecule has 0 saturated carbocycles. The molecule has 1 atom stereocenters. The van der Waals surface area contributed by atoms with Crippen LogP contribution in [-0.2, 0) is 15.4 Å². The Balaban J connectivity index is 0.000000132. The molecule has 0 bridgehead atoms. The Kier molecular flexibility index (Phi) is 5.39. The van der Waals surface area contributed by atoms with E-state index >= 15 is 0 Å². The highest BCUT2D eigenvalue weighted by atomic mass is 32.2. The Morgan fingerprint density at radius 1 is 1.23 bits per heavy atom. The van der Waals surface area contributed by atoms with Crippen LogP contribution in [0.4, 0.5) is 0 Å². The summed E-state index contributed by atoms with van der Waals surface area (Å²) in [7, 11) is 0. The van der Waals surface area contributed by atoms with E-state index in [1.807, 2.05) is 0 Å². The van der Waals surface area contributed by atoms with Gasteiger partial charge in [-0.05, 0) is 6.08 Å². The van der Waals surface area contributed by atoms with Crippen LogP contribution >= 0.6 is 0 Å². The molecule has 0 radical (unpaired) electrons. The first-order valence-corrected chi connectivity index (χ1v) is 5.12. The van der Waals surface area contributed by atoms with Crippen molar-refractivity contribution >= 4 is 17.5 Å². The van der Waals surface area contributed by atoms with Crippen molar-refractivity contribution < 1.29 is 8.39 Å². The molecular weight excluding hydrogens is 190 g/mol. The van der Waals surface area contributed by atoms with Crippen molar-refractivity contribution in [2.24, 2.45) is 4.40 Å². The molecular formula is C7H13N3O2S. The normalized spacial score (nSPS) is 25.7. The molecule has 2 heterocycles. The number of nitrogens with one attached hydrogen (secondary N) is 2. The van der Waals surface area contributed by atoms with E-state index in [1.165, 1.54) is 12.5 Å². The van der Waals surface area contributed by atoms with Crippen molar-refractivity contribution in [2.45, 2.75) is 0 Å². The molecule has 1 fully saturated rings. The third kappa shape index (κ3) is 5.51. The van der Waals surface area contributed by atoms with E-state index in [9.17, 15) is 4.21 Å². The maximum atomic E-state index is 10.1. The zero-order chi connectivity index (χ0) is 9.36. The summed E-state index contributed by atoms with van der Waals surface area (Å²) in [5, 5.41) is 6.44. The summed E-state index contributed by atoms with van der Waals surface area (Å²) in [5.41, 5.74) is 0.